The lowest BCUT2D eigenvalue weighted by molar-refractivity contribution is -0.179. The molecule has 1 atom stereocenters. The molecule has 1 rings (SSSR count). The highest BCUT2D eigenvalue weighted by Gasteiger charge is 2.30. The number of rotatable bonds is 4. The van der Waals surface area contributed by atoms with Crippen molar-refractivity contribution in [3.05, 3.63) is 34.9 Å². The second kappa shape index (κ2) is 5.52. The van der Waals surface area contributed by atoms with E-state index in [1.54, 1.807) is 18.2 Å². The highest BCUT2D eigenvalue weighted by atomic mass is 19.4. The summed E-state index contributed by atoms with van der Waals surface area (Å²) in [5.41, 5.74) is 2.31. The number of Topliss-reactive ketones (excluding diaryl/α,β-unsaturated/α-hetero) is 1. The fraction of sp³-hybridized carbons (Fsp3) is 0.462. The van der Waals surface area contributed by atoms with Gasteiger partial charge < -0.3 is 4.74 Å². The molecule has 0 aliphatic rings. The quantitative estimate of drug-likeness (QED) is 0.775. The van der Waals surface area contributed by atoms with Gasteiger partial charge in [-0.05, 0) is 38.0 Å². The van der Waals surface area contributed by atoms with Crippen molar-refractivity contribution in [2.24, 2.45) is 0 Å². The number of halogens is 3. The second-order valence-electron chi connectivity index (χ2n) is 4.23. The Morgan fingerprint density at radius 3 is 2.39 bits per heavy atom. The number of carbonyl (C=O) groups is 1. The van der Waals surface area contributed by atoms with Crippen molar-refractivity contribution in [2.45, 2.75) is 33.1 Å². The lowest BCUT2D eigenvalue weighted by Crippen LogP contribution is -2.27. The molecule has 0 radical (unpaired) electrons. The molecule has 1 aromatic carbocycles. The summed E-state index contributed by atoms with van der Waals surface area (Å²) in [6.45, 7) is 3.65. The summed E-state index contributed by atoms with van der Waals surface area (Å²) in [5.74, 6) is -0.442. The molecule has 1 aromatic rings. The van der Waals surface area contributed by atoms with Gasteiger partial charge in [-0.1, -0.05) is 12.1 Å². The molecular weight excluding hydrogens is 245 g/mol. The maximum atomic E-state index is 12.0. The average Bonchev–Trinajstić information content (AvgIpc) is 2.27. The Balaban J connectivity index is 2.71. The Morgan fingerprint density at radius 1 is 1.28 bits per heavy atom. The molecule has 0 aliphatic heterocycles. The van der Waals surface area contributed by atoms with Crippen LogP contribution in [0.1, 0.15) is 28.4 Å². The first-order chi connectivity index (χ1) is 8.20. The number of ketones is 1. The second-order valence-corrected chi connectivity index (χ2v) is 4.23. The molecular formula is C13H15F3O2. The first-order valence-corrected chi connectivity index (χ1v) is 5.50. The predicted octanol–water partition coefficient (Wildman–Crippen LogP) is 3.45. The summed E-state index contributed by atoms with van der Waals surface area (Å²) in [5, 5.41) is 0. The van der Waals surface area contributed by atoms with Crippen molar-refractivity contribution in [1.29, 1.82) is 0 Å². The molecule has 0 fully saturated rings. The number of hydrogen-bond donors (Lipinski definition) is 0. The van der Waals surface area contributed by atoms with Gasteiger partial charge in [0.15, 0.2) is 5.78 Å². The van der Waals surface area contributed by atoms with Crippen molar-refractivity contribution in [1.82, 2.24) is 0 Å². The minimum atomic E-state index is -4.42. The van der Waals surface area contributed by atoms with Gasteiger partial charge in [0.25, 0.3) is 0 Å². The van der Waals surface area contributed by atoms with Crippen LogP contribution in [0, 0.1) is 13.8 Å². The third-order valence-electron chi connectivity index (χ3n) is 2.66. The Kier molecular flexibility index (Phi) is 4.51. The Morgan fingerprint density at radius 2 is 1.89 bits per heavy atom. The van der Waals surface area contributed by atoms with E-state index in [-0.39, 0.29) is 0 Å². The molecule has 0 heterocycles. The molecule has 0 aromatic heterocycles. The van der Waals surface area contributed by atoms with Crippen LogP contribution in [-0.4, -0.2) is 24.7 Å². The minimum absolute atomic E-state index is 0.368. The van der Waals surface area contributed by atoms with Crippen LogP contribution in [-0.2, 0) is 4.74 Å². The van der Waals surface area contributed by atoms with Crippen LogP contribution in [0.15, 0.2) is 18.2 Å². The van der Waals surface area contributed by atoms with Crippen molar-refractivity contribution >= 4 is 5.78 Å². The molecule has 0 saturated heterocycles. The zero-order valence-electron chi connectivity index (χ0n) is 10.5. The Bertz CT molecular complexity index is 438. The molecule has 0 N–H and O–H groups in total. The number of alkyl halides is 3. The summed E-state index contributed by atoms with van der Waals surface area (Å²) in [6.07, 6.45) is -5.52. The summed E-state index contributed by atoms with van der Waals surface area (Å²) >= 11 is 0. The van der Waals surface area contributed by atoms with E-state index in [2.05, 4.69) is 4.74 Å². The standard InChI is InChI=1S/C13H15F3O2/c1-8-4-5-11(6-9(8)2)12(17)10(3)18-7-13(14,15)16/h4-6,10H,7H2,1-3H3. The van der Waals surface area contributed by atoms with E-state index in [9.17, 15) is 18.0 Å². The van der Waals surface area contributed by atoms with E-state index in [0.717, 1.165) is 11.1 Å². The topological polar surface area (TPSA) is 26.3 Å². The van der Waals surface area contributed by atoms with E-state index in [1.165, 1.54) is 6.92 Å². The third kappa shape index (κ3) is 4.14. The van der Waals surface area contributed by atoms with Gasteiger partial charge in [-0.3, -0.25) is 4.79 Å². The molecule has 5 heteroatoms. The van der Waals surface area contributed by atoms with Gasteiger partial charge in [-0.25, -0.2) is 0 Å². The zero-order chi connectivity index (χ0) is 13.9. The number of ether oxygens (including phenoxy) is 1. The summed E-state index contributed by atoms with van der Waals surface area (Å²) in [4.78, 5) is 11.8. The smallest absolute Gasteiger partial charge is 0.361 e. The zero-order valence-corrected chi connectivity index (χ0v) is 10.5. The van der Waals surface area contributed by atoms with Gasteiger partial charge in [-0.2, -0.15) is 13.2 Å². The fourth-order valence-corrected chi connectivity index (χ4v) is 1.42. The highest BCUT2D eigenvalue weighted by molar-refractivity contribution is 5.99. The van der Waals surface area contributed by atoms with Crippen LogP contribution in [0.3, 0.4) is 0 Å². The third-order valence-corrected chi connectivity index (χ3v) is 2.66. The van der Waals surface area contributed by atoms with Crippen LogP contribution in [0.2, 0.25) is 0 Å². The van der Waals surface area contributed by atoms with Crippen LogP contribution in [0.5, 0.6) is 0 Å². The molecule has 100 valence electrons. The molecule has 2 nitrogen and oxygen atoms in total. The first kappa shape index (κ1) is 14.7. The van der Waals surface area contributed by atoms with Crippen LogP contribution in [0.25, 0.3) is 0 Å². The maximum absolute atomic E-state index is 12.0. The van der Waals surface area contributed by atoms with Crippen molar-refractivity contribution in [3.8, 4) is 0 Å². The Labute approximate surface area is 104 Å². The normalized spacial score (nSPS) is 13.4. The van der Waals surface area contributed by atoms with E-state index in [0.29, 0.717) is 5.56 Å². The molecule has 0 bridgehead atoms. The SMILES string of the molecule is Cc1ccc(C(=O)C(C)OCC(F)(F)F)cc1C. The largest absolute Gasteiger partial charge is 0.411 e. The Hall–Kier alpha value is -1.36. The minimum Gasteiger partial charge on any atom is -0.361 e. The summed E-state index contributed by atoms with van der Waals surface area (Å²) in [6, 6.07) is 5.02. The first-order valence-electron chi connectivity index (χ1n) is 5.50. The lowest BCUT2D eigenvalue weighted by Gasteiger charge is -2.14. The lowest BCUT2D eigenvalue weighted by atomic mass is 10.0. The number of aryl methyl sites for hydroxylation is 2. The molecule has 0 amide bonds. The van der Waals surface area contributed by atoms with Crippen LogP contribution in [0.4, 0.5) is 13.2 Å². The molecule has 18 heavy (non-hydrogen) atoms. The van der Waals surface area contributed by atoms with Gasteiger partial charge >= 0.3 is 6.18 Å². The van der Waals surface area contributed by atoms with Gasteiger partial charge in [0.05, 0.1) is 0 Å². The van der Waals surface area contributed by atoms with E-state index < -0.39 is 24.7 Å². The number of carbonyl (C=O) groups excluding carboxylic acids is 1. The monoisotopic (exact) mass is 260 g/mol. The summed E-state index contributed by atoms with van der Waals surface area (Å²) in [7, 11) is 0. The summed E-state index contributed by atoms with van der Waals surface area (Å²) < 4.78 is 40.4. The number of hydrogen-bond acceptors (Lipinski definition) is 2. The van der Waals surface area contributed by atoms with E-state index in [4.69, 9.17) is 0 Å². The molecule has 0 saturated carbocycles. The van der Waals surface area contributed by atoms with Crippen molar-refractivity contribution in [2.75, 3.05) is 6.61 Å². The fourth-order valence-electron chi connectivity index (χ4n) is 1.42. The molecule has 0 aliphatic carbocycles. The molecule has 1 unspecified atom stereocenters. The van der Waals surface area contributed by atoms with Gasteiger partial charge in [-0.15, -0.1) is 0 Å². The van der Waals surface area contributed by atoms with Crippen molar-refractivity contribution < 1.29 is 22.7 Å². The van der Waals surface area contributed by atoms with Crippen LogP contribution < -0.4 is 0 Å². The number of benzene rings is 1. The average molecular weight is 260 g/mol. The maximum Gasteiger partial charge on any atom is 0.411 e. The van der Waals surface area contributed by atoms with Gasteiger partial charge in [0.2, 0.25) is 0 Å². The van der Waals surface area contributed by atoms with Gasteiger partial charge in [0.1, 0.15) is 12.7 Å². The molecule has 0 spiro atoms. The van der Waals surface area contributed by atoms with E-state index in [1.807, 2.05) is 13.8 Å². The highest BCUT2D eigenvalue weighted by Crippen LogP contribution is 2.17. The van der Waals surface area contributed by atoms with Crippen molar-refractivity contribution in [3.63, 3.8) is 0 Å². The van der Waals surface area contributed by atoms with E-state index >= 15 is 0 Å². The predicted molar refractivity (Wildman–Crippen MR) is 61.7 cm³/mol. The van der Waals surface area contributed by atoms with Crippen LogP contribution >= 0.6 is 0 Å². The van der Waals surface area contributed by atoms with Gasteiger partial charge in [0, 0.05) is 5.56 Å².